The van der Waals surface area contributed by atoms with E-state index in [4.69, 9.17) is 5.11 Å². The van der Waals surface area contributed by atoms with Crippen LogP contribution in [0.1, 0.15) is 17.3 Å². The van der Waals surface area contributed by atoms with E-state index in [1.807, 2.05) is 4.90 Å². The van der Waals surface area contributed by atoms with E-state index in [1.54, 1.807) is 19.2 Å². The monoisotopic (exact) mass is 208 g/mol. The number of anilines is 1. The summed E-state index contributed by atoms with van der Waals surface area (Å²) in [6.07, 6.45) is 2.87. The van der Waals surface area contributed by atoms with Gasteiger partial charge in [0.2, 0.25) is 0 Å². The average molecular weight is 208 g/mol. The molecule has 0 unspecified atom stereocenters. The Morgan fingerprint density at radius 2 is 2.27 bits per heavy atom. The molecule has 1 aliphatic rings. The molecule has 0 saturated carbocycles. The van der Waals surface area contributed by atoms with Crippen LogP contribution in [0.3, 0.4) is 0 Å². The minimum absolute atomic E-state index is 0.174. The highest BCUT2D eigenvalue weighted by Crippen LogP contribution is 2.29. The van der Waals surface area contributed by atoms with E-state index < -0.39 is 11.6 Å². The van der Waals surface area contributed by atoms with Gasteiger partial charge in [0.1, 0.15) is 5.56 Å². The summed E-state index contributed by atoms with van der Waals surface area (Å²) in [5.41, 5.74) is 0.0796. The molecule has 0 bridgehead atoms. The number of carboxylic acid groups (broad SMARTS) is 1. The van der Waals surface area contributed by atoms with E-state index in [0.717, 1.165) is 0 Å². The number of aromatic nitrogens is 1. The zero-order valence-electron chi connectivity index (χ0n) is 8.34. The van der Waals surface area contributed by atoms with E-state index in [-0.39, 0.29) is 5.56 Å². The Morgan fingerprint density at radius 3 is 2.80 bits per heavy atom. The third-order valence-corrected chi connectivity index (χ3v) is 2.43. The van der Waals surface area contributed by atoms with Crippen LogP contribution in [0.5, 0.6) is 0 Å². The molecule has 1 aromatic heterocycles. The lowest BCUT2D eigenvalue weighted by atomic mass is 9.95. The maximum Gasteiger partial charge on any atom is 0.339 e. The lowest BCUT2D eigenvalue weighted by Crippen LogP contribution is -2.60. The van der Waals surface area contributed by atoms with E-state index in [9.17, 15) is 9.90 Å². The van der Waals surface area contributed by atoms with Gasteiger partial charge in [-0.05, 0) is 13.0 Å². The number of hydrogen-bond donors (Lipinski definition) is 2. The number of nitrogens with zero attached hydrogens (tertiary/aromatic N) is 2. The molecule has 2 rings (SSSR count). The summed E-state index contributed by atoms with van der Waals surface area (Å²) in [5, 5.41) is 18.5. The van der Waals surface area contributed by atoms with Crippen LogP contribution in [0.15, 0.2) is 18.5 Å². The second-order valence-electron chi connectivity index (χ2n) is 4.05. The van der Waals surface area contributed by atoms with E-state index in [0.29, 0.717) is 18.8 Å². The summed E-state index contributed by atoms with van der Waals surface area (Å²) in [4.78, 5) is 16.5. The van der Waals surface area contributed by atoms with Crippen LogP contribution in [0.25, 0.3) is 0 Å². The molecule has 1 aliphatic heterocycles. The van der Waals surface area contributed by atoms with Crippen molar-refractivity contribution in [3.8, 4) is 0 Å². The summed E-state index contributed by atoms with van der Waals surface area (Å²) in [6, 6.07) is 1.65. The van der Waals surface area contributed by atoms with Crippen molar-refractivity contribution < 1.29 is 15.0 Å². The summed E-state index contributed by atoms with van der Waals surface area (Å²) in [5.74, 6) is -0.996. The van der Waals surface area contributed by atoms with Crippen LogP contribution >= 0.6 is 0 Å². The van der Waals surface area contributed by atoms with Gasteiger partial charge in [-0.1, -0.05) is 0 Å². The van der Waals surface area contributed by atoms with Crippen molar-refractivity contribution in [1.29, 1.82) is 0 Å². The number of carboxylic acids is 1. The molecular formula is C10H12N2O3. The van der Waals surface area contributed by atoms with Crippen molar-refractivity contribution in [2.75, 3.05) is 18.0 Å². The van der Waals surface area contributed by atoms with E-state index in [2.05, 4.69) is 4.98 Å². The first-order valence-corrected chi connectivity index (χ1v) is 4.64. The van der Waals surface area contributed by atoms with Crippen molar-refractivity contribution in [1.82, 2.24) is 4.98 Å². The van der Waals surface area contributed by atoms with Crippen LogP contribution in [0, 0.1) is 0 Å². The molecule has 5 heteroatoms. The van der Waals surface area contributed by atoms with Gasteiger partial charge in [0.25, 0.3) is 0 Å². The molecule has 0 aromatic carbocycles. The largest absolute Gasteiger partial charge is 0.478 e. The predicted octanol–water partition coefficient (Wildman–Crippen LogP) is 0.351. The zero-order valence-corrected chi connectivity index (χ0v) is 8.34. The van der Waals surface area contributed by atoms with Crippen molar-refractivity contribution in [2.45, 2.75) is 12.5 Å². The second kappa shape index (κ2) is 3.20. The van der Waals surface area contributed by atoms with Gasteiger partial charge in [-0.2, -0.15) is 0 Å². The first-order chi connectivity index (χ1) is 6.99. The second-order valence-corrected chi connectivity index (χ2v) is 4.05. The van der Waals surface area contributed by atoms with Gasteiger partial charge in [0, 0.05) is 25.5 Å². The average Bonchev–Trinajstić information content (AvgIpc) is 2.14. The Hall–Kier alpha value is -1.62. The molecule has 2 N–H and O–H groups in total. The van der Waals surface area contributed by atoms with Crippen LogP contribution in [0.4, 0.5) is 5.69 Å². The Kier molecular flexibility index (Phi) is 2.12. The van der Waals surface area contributed by atoms with Crippen molar-refractivity contribution in [2.24, 2.45) is 0 Å². The smallest absolute Gasteiger partial charge is 0.339 e. The predicted molar refractivity (Wildman–Crippen MR) is 54.0 cm³/mol. The standard InChI is InChI=1S/C10H12N2O3/c1-10(15)5-12(6-10)8-2-3-11-4-7(8)9(13)14/h2-4,15H,5-6H2,1H3,(H,13,14). The number of aliphatic hydroxyl groups is 1. The third-order valence-electron chi connectivity index (χ3n) is 2.43. The molecule has 0 atom stereocenters. The maximum absolute atomic E-state index is 10.9. The van der Waals surface area contributed by atoms with Gasteiger partial charge in [-0.3, -0.25) is 4.98 Å². The third kappa shape index (κ3) is 1.78. The number of pyridine rings is 1. The Bertz CT molecular complexity index is 395. The highest BCUT2D eigenvalue weighted by atomic mass is 16.4. The summed E-state index contributed by atoms with van der Waals surface area (Å²) < 4.78 is 0. The van der Waals surface area contributed by atoms with Crippen molar-refractivity contribution in [3.63, 3.8) is 0 Å². The summed E-state index contributed by atoms with van der Waals surface area (Å²) in [6.45, 7) is 2.64. The molecule has 0 radical (unpaired) electrons. The Labute approximate surface area is 87.0 Å². The molecule has 0 spiro atoms. The van der Waals surface area contributed by atoms with Crippen LogP contribution < -0.4 is 4.90 Å². The van der Waals surface area contributed by atoms with Crippen molar-refractivity contribution >= 4 is 11.7 Å². The highest BCUT2D eigenvalue weighted by Gasteiger charge is 2.37. The molecular weight excluding hydrogens is 196 g/mol. The van der Waals surface area contributed by atoms with Gasteiger partial charge in [0.05, 0.1) is 11.3 Å². The summed E-state index contributed by atoms with van der Waals surface area (Å²) in [7, 11) is 0. The molecule has 0 aliphatic carbocycles. The molecule has 80 valence electrons. The fourth-order valence-electron chi connectivity index (χ4n) is 1.77. The van der Waals surface area contributed by atoms with Gasteiger partial charge >= 0.3 is 5.97 Å². The van der Waals surface area contributed by atoms with Gasteiger partial charge in [-0.25, -0.2) is 4.79 Å². The highest BCUT2D eigenvalue weighted by molar-refractivity contribution is 5.94. The maximum atomic E-state index is 10.9. The lowest BCUT2D eigenvalue weighted by molar-refractivity contribution is 0.0306. The van der Waals surface area contributed by atoms with Crippen molar-refractivity contribution in [3.05, 3.63) is 24.0 Å². The normalized spacial score (nSPS) is 18.4. The Balaban J connectivity index is 2.26. The number of rotatable bonds is 2. The number of aromatic carboxylic acids is 1. The molecule has 1 aromatic rings. The minimum atomic E-state index is -0.996. The van der Waals surface area contributed by atoms with E-state index in [1.165, 1.54) is 6.20 Å². The zero-order chi connectivity index (χ0) is 11.1. The molecule has 0 amide bonds. The fraction of sp³-hybridized carbons (Fsp3) is 0.400. The summed E-state index contributed by atoms with van der Waals surface area (Å²) >= 11 is 0. The number of carbonyl (C=O) groups is 1. The first kappa shape index (κ1) is 9.92. The van der Waals surface area contributed by atoms with Crippen LogP contribution in [0.2, 0.25) is 0 Å². The molecule has 5 nitrogen and oxygen atoms in total. The molecule has 15 heavy (non-hydrogen) atoms. The SMILES string of the molecule is CC1(O)CN(c2ccncc2C(=O)O)C1. The number of β-amino-alcohol motifs (C(OH)–C–C–N with tert-alkyl or cyclic N) is 1. The van der Waals surface area contributed by atoms with Gasteiger partial charge in [0.15, 0.2) is 0 Å². The van der Waals surface area contributed by atoms with Gasteiger partial charge < -0.3 is 15.1 Å². The molecule has 2 heterocycles. The van der Waals surface area contributed by atoms with E-state index >= 15 is 0 Å². The van der Waals surface area contributed by atoms with Crippen LogP contribution in [-0.2, 0) is 0 Å². The minimum Gasteiger partial charge on any atom is -0.478 e. The fourth-order valence-corrected chi connectivity index (χ4v) is 1.77. The quantitative estimate of drug-likeness (QED) is 0.733. The number of hydrogen-bond acceptors (Lipinski definition) is 4. The van der Waals surface area contributed by atoms with Crippen LogP contribution in [-0.4, -0.2) is 39.9 Å². The lowest BCUT2D eigenvalue weighted by Gasteiger charge is -2.46. The molecule has 1 fully saturated rings. The molecule has 1 saturated heterocycles. The Morgan fingerprint density at radius 1 is 1.60 bits per heavy atom. The topological polar surface area (TPSA) is 73.7 Å². The van der Waals surface area contributed by atoms with Gasteiger partial charge in [-0.15, -0.1) is 0 Å². The first-order valence-electron chi connectivity index (χ1n) is 4.64.